The Kier molecular flexibility index (Phi) is 10.1. The number of hydrogen-bond donors (Lipinski definition) is 4. The summed E-state index contributed by atoms with van der Waals surface area (Å²) in [4.78, 5) is 52.6. The van der Waals surface area contributed by atoms with Gasteiger partial charge in [-0.15, -0.1) is 0 Å². The molecule has 35 heavy (non-hydrogen) atoms. The van der Waals surface area contributed by atoms with E-state index >= 15 is 0 Å². The molecule has 0 fully saturated rings. The third kappa shape index (κ3) is 10.2. The van der Waals surface area contributed by atoms with E-state index in [2.05, 4.69) is 10.6 Å². The van der Waals surface area contributed by atoms with Crippen molar-refractivity contribution in [2.75, 3.05) is 0 Å². The number of nitrogens with zero attached hydrogens (tertiary/aromatic N) is 1. The second kappa shape index (κ2) is 11.9. The molecular weight excluding hydrogens is 452 g/mol. The van der Waals surface area contributed by atoms with Crippen LogP contribution in [0, 0.1) is 0 Å². The molecule has 196 valence electrons. The number of amides is 4. The number of aromatic hydroxyl groups is 1. The number of alkyl carbamates (subject to hydrolysis) is 1. The Balaban J connectivity index is 3.48. The van der Waals surface area contributed by atoms with Crippen LogP contribution in [0.25, 0.3) is 0 Å². The molecule has 0 saturated heterocycles. The minimum Gasteiger partial charge on any atom is -0.508 e. The van der Waals surface area contributed by atoms with E-state index in [9.17, 15) is 24.3 Å². The van der Waals surface area contributed by atoms with Crippen LogP contribution in [0.1, 0.15) is 79.8 Å². The number of hydrogen-bond acceptors (Lipinski definition) is 6. The Hall–Kier alpha value is -3.30. The molecule has 1 aromatic carbocycles. The highest BCUT2D eigenvalue weighted by molar-refractivity contribution is 5.93. The summed E-state index contributed by atoms with van der Waals surface area (Å²) < 4.78 is 5.29. The van der Waals surface area contributed by atoms with Crippen molar-refractivity contribution >= 4 is 23.8 Å². The molecule has 4 amide bonds. The van der Waals surface area contributed by atoms with Gasteiger partial charge in [-0.3, -0.25) is 14.4 Å². The SMILES string of the molecule is CC(C)N(C(=O)C(CCC(N)=O)NC(=O)OC(C)(C)C)C(C(=O)NC(C)(C)C)c1ccc(O)cc1. The van der Waals surface area contributed by atoms with E-state index in [1.165, 1.54) is 17.0 Å². The van der Waals surface area contributed by atoms with Crippen molar-refractivity contribution in [1.82, 2.24) is 15.5 Å². The van der Waals surface area contributed by atoms with E-state index < -0.39 is 53.1 Å². The summed E-state index contributed by atoms with van der Waals surface area (Å²) in [5.41, 5.74) is 4.38. The van der Waals surface area contributed by atoms with Crippen LogP contribution in [0.15, 0.2) is 24.3 Å². The number of benzene rings is 1. The number of nitrogens with two attached hydrogens (primary N) is 1. The summed E-state index contributed by atoms with van der Waals surface area (Å²) in [6, 6.07) is 3.28. The molecule has 1 rings (SSSR count). The zero-order valence-corrected chi connectivity index (χ0v) is 22.0. The highest BCUT2D eigenvalue weighted by Crippen LogP contribution is 2.27. The average Bonchev–Trinajstić information content (AvgIpc) is 2.66. The van der Waals surface area contributed by atoms with Gasteiger partial charge in [0.25, 0.3) is 0 Å². The summed E-state index contributed by atoms with van der Waals surface area (Å²) in [7, 11) is 0. The van der Waals surface area contributed by atoms with Crippen molar-refractivity contribution < 1.29 is 29.0 Å². The molecule has 0 radical (unpaired) electrons. The van der Waals surface area contributed by atoms with Gasteiger partial charge in [0.1, 0.15) is 23.4 Å². The quantitative estimate of drug-likeness (QED) is 0.416. The number of nitrogens with one attached hydrogen (secondary N) is 2. The fraction of sp³-hybridized carbons (Fsp3) is 0.600. The number of phenols is 1. The Morgan fingerprint density at radius 3 is 2.00 bits per heavy atom. The van der Waals surface area contributed by atoms with E-state index in [1.54, 1.807) is 46.8 Å². The molecule has 0 heterocycles. The summed E-state index contributed by atoms with van der Waals surface area (Å²) in [5, 5.41) is 15.2. The van der Waals surface area contributed by atoms with Gasteiger partial charge < -0.3 is 31.1 Å². The zero-order valence-electron chi connectivity index (χ0n) is 22.0. The second-order valence-corrected chi connectivity index (χ2v) is 10.8. The first-order valence-corrected chi connectivity index (χ1v) is 11.6. The third-order valence-corrected chi connectivity index (χ3v) is 4.71. The van der Waals surface area contributed by atoms with Gasteiger partial charge in [0.15, 0.2) is 0 Å². The maximum absolute atomic E-state index is 13.8. The molecule has 0 aromatic heterocycles. The zero-order chi connectivity index (χ0) is 27.1. The lowest BCUT2D eigenvalue weighted by atomic mass is 9.98. The number of ether oxygens (including phenoxy) is 1. The molecule has 1 aromatic rings. The van der Waals surface area contributed by atoms with Crippen molar-refractivity contribution in [3.8, 4) is 5.75 Å². The van der Waals surface area contributed by atoms with Crippen LogP contribution in [0.4, 0.5) is 4.79 Å². The van der Waals surface area contributed by atoms with Crippen LogP contribution < -0.4 is 16.4 Å². The van der Waals surface area contributed by atoms with Gasteiger partial charge in [0, 0.05) is 18.0 Å². The molecule has 10 heteroatoms. The molecule has 0 aliphatic carbocycles. The molecule has 0 aliphatic heterocycles. The van der Waals surface area contributed by atoms with Gasteiger partial charge in [-0.1, -0.05) is 12.1 Å². The summed E-state index contributed by atoms with van der Waals surface area (Å²) in [5.74, 6) is -1.63. The summed E-state index contributed by atoms with van der Waals surface area (Å²) in [6.07, 6.45) is -1.06. The van der Waals surface area contributed by atoms with Crippen molar-refractivity contribution in [2.45, 2.75) is 97.5 Å². The summed E-state index contributed by atoms with van der Waals surface area (Å²) in [6.45, 7) is 14.0. The molecule has 2 atom stereocenters. The molecular formula is C25H40N4O6. The molecule has 0 spiro atoms. The van der Waals surface area contributed by atoms with E-state index in [0.717, 1.165) is 0 Å². The van der Waals surface area contributed by atoms with Crippen LogP contribution in [-0.4, -0.2) is 57.0 Å². The molecule has 0 bridgehead atoms. The average molecular weight is 493 g/mol. The monoisotopic (exact) mass is 492 g/mol. The first kappa shape index (κ1) is 29.7. The summed E-state index contributed by atoms with van der Waals surface area (Å²) >= 11 is 0. The van der Waals surface area contributed by atoms with Crippen LogP contribution in [0.3, 0.4) is 0 Å². The number of phenolic OH excluding ortho intramolecular Hbond substituents is 1. The maximum Gasteiger partial charge on any atom is 0.408 e. The standard InChI is InChI=1S/C25H40N4O6/c1-15(2)29(20(21(32)28-24(3,4)5)16-9-11-17(30)12-10-16)22(33)18(13-14-19(26)31)27-23(34)35-25(6,7)8/h9-12,15,18,20,30H,13-14H2,1-8H3,(H2,26,31)(H,27,34)(H,28,32). The van der Waals surface area contributed by atoms with E-state index in [4.69, 9.17) is 10.5 Å². The van der Waals surface area contributed by atoms with E-state index in [0.29, 0.717) is 5.56 Å². The Labute approximate surface area is 207 Å². The lowest BCUT2D eigenvalue weighted by molar-refractivity contribution is -0.145. The minimum atomic E-state index is -1.16. The van der Waals surface area contributed by atoms with Crippen molar-refractivity contribution in [2.24, 2.45) is 5.73 Å². The lowest BCUT2D eigenvalue weighted by Crippen LogP contribution is -2.56. The van der Waals surface area contributed by atoms with Crippen LogP contribution in [0.5, 0.6) is 5.75 Å². The molecule has 10 nitrogen and oxygen atoms in total. The van der Waals surface area contributed by atoms with Crippen LogP contribution in [-0.2, 0) is 19.1 Å². The largest absolute Gasteiger partial charge is 0.508 e. The molecule has 2 unspecified atom stereocenters. The lowest BCUT2D eigenvalue weighted by Gasteiger charge is -2.38. The van der Waals surface area contributed by atoms with Gasteiger partial charge in [0.2, 0.25) is 17.7 Å². The number of carbonyl (C=O) groups is 4. The topological polar surface area (TPSA) is 151 Å². The van der Waals surface area contributed by atoms with Gasteiger partial charge in [-0.25, -0.2) is 4.79 Å². The van der Waals surface area contributed by atoms with Gasteiger partial charge in [-0.05, 0) is 79.5 Å². The van der Waals surface area contributed by atoms with E-state index in [1.807, 2.05) is 20.8 Å². The van der Waals surface area contributed by atoms with Crippen molar-refractivity contribution in [3.05, 3.63) is 29.8 Å². The number of carbonyl (C=O) groups excluding carboxylic acids is 4. The molecule has 0 saturated carbocycles. The fourth-order valence-electron chi connectivity index (χ4n) is 3.39. The highest BCUT2D eigenvalue weighted by atomic mass is 16.6. The normalized spacial score (nSPS) is 13.5. The molecule has 5 N–H and O–H groups in total. The highest BCUT2D eigenvalue weighted by Gasteiger charge is 2.38. The van der Waals surface area contributed by atoms with E-state index in [-0.39, 0.29) is 18.6 Å². The predicted octanol–water partition coefficient (Wildman–Crippen LogP) is 2.74. The minimum absolute atomic E-state index is 0.0112. The third-order valence-electron chi connectivity index (χ3n) is 4.71. The Morgan fingerprint density at radius 2 is 1.57 bits per heavy atom. The first-order valence-electron chi connectivity index (χ1n) is 11.6. The van der Waals surface area contributed by atoms with Gasteiger partial charge in [0.05, 0.1) is 0 Å². The number of primary amides is 1. The Morgan fingerprint density at radius 1 is 1.03 bits per heavy atom. The Bertz CT molecular complexity index is 900. The van der Waals surface area contributed by atoms with Crippen LogP contribution >= 0.6 is 0 Å². The smallest absolute Gasteiger partial charge is 0.408 e. The van der Waals surface area contributed by atoms with Crippen molar-refractivity contribution in [3.63, 3.8) is 0 Å². The van der Waals surface area contributed by atoms with Gasteiger partial charge in [-0.2, -0.15) is 0 Å². The van der Waals surface area contributed by atoms with Crippen molar-refractivity contribution in [1.29, 1.82) is 0 Å². The molecule has 0 aliphatic rings. The second-order valence-electron chi connectivity index (χ2n) is 10.8. The fourth-order valence-corrected chi connectivity index (χ4v) is 3.39. The maximum atomic E-state index is 13.8. The number of rotatable bonds is 9. The first-order chi connectivity index (χ1) is 15.9. The van der Waals surface area contributed by atoms with Gasteiger partial charge >= 0.3 is 6.09 Å². The van der Waals surface area contributed by atoms with Crippen LogP contribution in [0.2, 0.25) is 0 Å². The predicted molar refractivity (Wildman–Crippen MR) is 132 cm³/mol.